The third kappa shape index (κ3) is 4.03. The average Bonchev–Trinajstić information content (AvgIpc) is 2.93. The maximum Gasteiger partial charge on any atom is 0.315 e. The van der Waals surface area contributed by atoms with Crippen LogP contribution < -0.4 is 10.6 Å². The van der Waals surface area contributed by atoms with Gasteiger partial charge in [0.2, 0.25) is 0 Å². The van der Waals surface area contributed by atoms with Gasteiger partial charge in [-0.3, -0.25) is 10.1 Å². The fourth-order valence-electron chi connectivity index (χ4n) is 2.25. The molecule has 0 bridgehead atoms. The van der Waals surface area contributed by atoms with Crippen molar-refractivity contribution >= 4 is 11.7 Å². The molecule has 0 fully saturated rings. The van der Waals surface area contributed by atoms with E-state index in [9.17, 15) is 14.9 Å². The number of aliphatic hydroxyl groups excluding tert-OH is 1. The number of urea groups is 1. The van der Waals surface area contributed by atoms with Gasteiger partial charge in [0.25, 0.3) is 5.69 Å². The zero-order valence-corrected chi connectivity index (χ0v) is 11.4. The Balaban J connectivity index is 1.85. The molecule has 0 radical (unpaired) electrons. The highest BCUT2D eigenvalue weighted by Crippen LogP contribution is 2.18. The summed E-state index contributed by atoms with van der Waals surface area (Å²) in [5, 5.41) is 25.2. The maximum absolute atomic E-state index is 11.8. The molecule has 21 heavy (non-hydrogen) atoms. The van der Waals surface area contributed by atoms with Crippen molar-refractivity contribution in [3.05, 3.63) is 52.1 Å². The fourth-order valence-corrected chi connectivity index (χ4v) is 2.25. The van der Waals surface area contributed by atoms with Crippen LogP contribution >= 0.6 is 0 Å². The van der Waals surface area contributed by atoms with Crippen LogP contribution in [0.4, 0.5) is 10.5 Å². The Hall–Kier alpha value is -2.41. The summed E-state index contributed by atoms with van der Waals surface area (Å²) in [4.78, 5) is 22.1. The van der Waals surface area contributed by atoms with Crippen LogP contribution in [0, 0.1) is 16.0 Å². The number of carbonyl (C=O) groups is 1. The lowest BCUT2D eigenvalue weighted by Crippen LogP contribution is -2.40. The zero-order valence-electron chi connectivity index (χ0n) is 11.4. The SMILES string of the molecule is O=C(NCc1ccccc1[N+](=O)[O-])N[C@@H]1C=C[C@H](CO)C1. The number of hydrogen-bond acceptors (Lipinski definition) is 4. The number of nitro groups is 1. The number of amides is 2. The van der Waals surface area contributed by atoms with Gasteiger partial charge in [-0.25, -0.2) is 4.79 Å². The molecule has 1 aliphatic rings. The quantitative estimate of drug-likeness (QED) is 0.432. The standard InChI is InChI=1S/C14H17N3O4/c18-9-10-5-6-12(7-10)16-14(19)15-8-11-3-1-2-4-13(11)17(20)21/h1-6,10,12,18H,7-9H2,(H2,15,16,19)/t10-,12+/m0/s1. The number of aliphatic hydroxyl groups is 1. The number of carbonyl (C=O) groups excluding carboxylic acids is 1. The van der Waals surface area contributed by atoms with Crippen molar-refractivity contribution in [2.24, 2.45) is 5.92 Å². The van der Waals surface area contributed by atoms with Crippen LogP contribution in [-0.4, -0.2) is 28.7 Å². The molecule has 1 aromatic carbocycles. The summed E-state index contributed by atoms with van der Waals surface area (Å²) in [5.41, 5.74) is 0.437. The number of para-hydroxylation sites is 1. The first kappa shape index (κ1) is 15.0. The second-order valence-electron chi connectivity index (χ2n) is 4.88. The van der Waals surface area contributed by atoms with Crippen LogP contribution in [0.25, 0.3) is 0 Å². The predicted octanol–water partition coefficient (Wildman–Crippen LogP) is 1.33. The first-order valence-electron chi connectivity index (χ1n) is 6.66. The van der Waals surface area contributed by atoms with Crippen LogP contribution in [0.2, 0.25) is 0 Å². The summed E-state index contributed by atoms with van der Waals surface area (Å²) in [7, 11) is 0. The minimum atomic E-state index is -0.472. The van der Waals surface area contributed by atoms with Gasteiger partial charge in [0, 0.05) is 30.2 Å². The minimum absolute atomic E-state index is 0.0149. The zero-order chi connectivity index (χ0) is 15.2. The average molecular weight is 291 g/mol. The molecule has 7 nitrogen and oxygen atoms in total. The van der Waals surface area contributed by atoms with Gasteiger partial charge in [-0.1, -0.05) is 30.4 Å². The van der Waals surface area contributed by atoms with E-state index in [0.717, 1.165) is 0 Å². The number of nitrogens with one attached hydrogen (secondary N) is 2. The van der Waals surface area contributed by atoms with Crippen molar-refractivity contribution in [3.63, 3.8) is 0 Å². The molecular weight excluding hydrogens is 274 g/mol. The normalized spacial score (nSPS) is 20.2. The van der Waals surface area contributed by atoms with Crippen LogP contribution in [-0.2, 0) is 6.54 Å². The summed E-state index contributed by atoms with van der Waals surface area (Å²) < 4.78 is 0. The van der Waals surface area contributed by atoms with E-state index >= 15 is 0 Å². The molecule has 2 amide bonds. The summed E-state index contributed by atoms with van der Waals surface area (Å²) in [5.74, 6) is 0.0745. The molecule has 0 aromatic heterocycles. The molecule has 1 aromatic rings. The topological polar surface area (TPSA) is 104 Å². The smallest absolute Gasteiger partial charge is 0.315 e. The van der Waals surface area contributed by atoms with Crippen molar-refractivity contribution in [2.45, 2.75) is 19.0 Å². The van der Waals surface area contributed by atoms with Gasteiger partial charge >= 0.3 is 6.03 Å². The Labute approximate surface area is 121 Å². The summed E-state index contributed by atoms with van der Waals surface area (Å²) in [6.45, 7) is 0.148. The highest BCUT2D eigenvalue weighted by Gasteiger charge is 2.20. The van der Waals surface area contributed by atoms with E-state index in [-0.39, 0.29) is 36.8 Å². The van der Waals surface area contributed by atoms with Crippen molar-refractivity contribution < 1.29 is 14.8 Å². The van der Waals surface area contributed by atoms with Gasteiger partial charge < -0.3 is 15.7 Å². The van der Waals surface area contributed by atoms with E-state index in [2.05, 4.69) is 10.6 Å². The van der Waals surface area contributed by atoms with Crippen molar-refractivity contribution in [1.82, 2.24) is 10.6 Å². The van der Waals surface area contributed by atoms with E-state index < -0.39 is 4.92 Å². The molecule has 0 saturated heterocycles. The molecule has 0 heterocycles. The lowest BCUT2D eigenvalue weighted by atomic mass is 10.1. The molecule has 0 saturated carbocycles. The molecule has 7 heteroatoms. The van der Waals surface area contributed by atoms with Crippen molar-refractivity contribution in [2.75, 3.05) is 6.61 Å². The molecule has 112 valence electrons. The predicted molar refractivity (Wildman–Crippen MR) is 76.6 cm³/mol. The minimum Gasteiger partial charge on any atom is -0.396 e. The molecule has 1 aliphatic carbocycles. The van der Waals surface area contributed by atoms with Gasteiger partial charge in [-0.2, -0.15) is 0 Å². The number of hydrogen-bond donors (Lipinski definition) is 3. The van der Waals surface area contributed by atoms with Crippen LogP contribution in [0.5, 0.6) is 0 Å². The Morgan fingerprint density at radius 3 is 2.81 bits per heavy atom. The van der Waals surface area contributed by atoms with Gasteiger partial charge in [-0.15, -0.1) is 0 Å². The maximum atomic E-state index is 11.8. The Morgan fingerprint density at radius 2 is 2.14 bits per heavy atom. The van der Waals surface area contributed by atoms with Gasteiger partial charge in [0.1, 0.15) is 0 Å². The Morgan fingerprint density at radius 1 is 1.38 bits per heavy atom. The molecule has 2 rings (SSSR count). The fraction of sp³-hybridized carbons (Fsp3) is 0.357. The lowest BCUT2D eigenvalue weighted by molar-refractivity contribution is -0.385. The van der Waals surface area contributed by atoms with Gasteiger partial charge in [0.05, 0.1) is 11.5 Å². The second-order valence-corrected chi connectivity index (χ2v) is 4.88. The van der Waals surface area contributed by atoms with Crippen LogP contribution in [0.1, 0.15) is 12.0 Å². The number of nitrogens with zero attached hydrogens (tertiary/aromatic N) is 1. The first-order valence-corrected chi connectivity index (χ1v) is 6.66. The molecule has 0 spiro atoms. The highest BCUT2D eigenvalue weighted by atomic mass is 16.6. The number of nitro benzene ring substituents is 1. The first-order chi connectivity index (χ1) is 10.1. The second kappa shape index (κ2) is 6.85. The van der Waals surface area contributed by atoms with Gasteiger partial charge in [-0.05, 0) is 6.42 Å². The number of rotatable bonds is 5. The van der Waals surface area contributed by atoms with E-state index in [1.54, 1.807) is 18.2 Å². The highest BCUT2D eigenvalue weighted by molar-refractivity contribution is 5.74. The lowest BCUT2D eigenvalue weighted by Gasteiger charge is -2.13. The van der Waals surface area contributed by atoms with Gasteiger partial charge in [0.15, 0.2) is 0 Å². The van der Waals surface area contributed by atoms with Crippen molar-refractivity contribution in [3.8, 4) is 0 Å². The monoisotopic (exact) mass is 291 g/mol. The van der Waals surface area contributed by atoms with Crippen LogP contribution in [0.15, 0.2) is 36.4 Å². The third-order valence-corrected chi connectivity index (χ3v) is 3.35. The van der Waals surface area contributed by atoms with Crippen LogP contribution in [0.3, 0.4) is 0 Å². The third-order valence-electron chi connectivity index (χ3n) is 3.35. The Bertz CT molecular complexity index is 559. The van der Waals surface area contributed by atoms with E-state index in [0.29, 0.717) is 12.0 Å². The molecular formula is C14H17N3O4. The molecule has 3 N–H and O–H groups in total. The molecule has 0 aliphatic heterocycles. The van der Waals surface area contributed by atoms with E-state index in [1.165, 1.54) is 6.07 Å². The van der Waals surface area contributed by atoms with E-state index in [1.807, 2.05) is 12.2 Å². The number of benzene rings is 1. The molecule has 0 unspecified atom stereocenters. The largest absolute Gasteiger partial charge is 0.396 e. The summed E-state index contributed by atoms with van der Waals surface area (Å²) in [6, 6.07) is 5.78. The molecule has 2 atom stereocenters. The Kier molecular flexibility index (Phi) is 4.89. The van der Waals surface area contributed by atoms with E-state index in [4.69, 9.17) is 5.11 Å². The summed E-state index contributed by atoms with van der Waals surface area (Å²) >= 11 is 0. The van der Waals surface area contributed by atoms with Crippen molar-refractivity contribution in [1.29, 1.82) is 0 Å². The summed E-state index contributed by atoms with van der Waals surface area (Å²) in [6.07, 6.45) is 4.37.